The van der Waals surface area contributed by atoms with Gasteiger partial charge >= 0.3 is 15.6 Å². The summed E-state index contributed by atoms with van der Waals surface area (Å²) in [6.45, 7) is 3.30. The van der Waals surface area contributed by atoms with Crippen LogP contribution in [0.15, 0.2) is 11.8 Å². The molecule has 1 rings (SSSR count). The zero-order valence-corrected chi connectivity index (χ0v) is 9.48. The number of rotatable bonds is 2. The molecule has 0 unspecified atom stereocenters. The Bertz CT molecular complexity index is 394. The van der Waals surface area contributed by atoms with E-state index in [0.717, 1.165) is 0 Å². The summed E-state index contributed by atoms with van der Waals surface area (Å²) in [6, 6.07) is 0. The topological polar surface area (TPSA) is 52.6 Å². The molecule has 16 heavy (non-hydrogen) atoms. The highest BCUT2D eigenvalue weighted by Crippen LogP contribution is 2.30. The van der Waals surface area contributed by atoms with Crippen LogP contribution in [0.4, 0.5) is 13.2 Å². The average molecular weight is 260 g/mol. The summed E-state index contributed by atoms with van der Waals surface area (Å²) < 4.78 is 66.6. The van der Waals surface area contributed by atoms with Gasteiger partial charge in [-0.15, -0.1) is 0 Å². The highest BCUT2D eigenvalue weighted by molar-refractivity contribution is 7.87. The molecule has 1 aliphatic heterocycles. The van der Waals surface area contributed by atoms with Crippen LogP contribution in [0.3, 0.4) is 0 Å². The fourth-order valence-electron chi connectivity index (χ4n) is 1.17. The molecule has 1 aliphatic rings. The third-order valence-electron chi connectivity index (χ3n) is 1.83. The third kappa shape index (κ3) is 3.11. The Kier molecular flexibility index (Phi) is 3.26. The lowest BCUT2D eigenvalue weighted by Crippen LogP contribution is -2.30. The maximum absolute atomic E-state index is 12.0. The van der Waals surface area contributed by atoms with Crippen LogP contribution in [0, 0.1) is 0 Å². The second-order valence-electron chi connectivity index (χ2n) is 3.80. The minimum Gasteiger partial charge on any atom is -0.381 e. The predicted octanol–water partition coefficient (Wildman–Crippen LogP) is 1.94. The van der Waals surface area contributed by atoms with Gasteiger partial charge in [-0.1, -0.05) is 0 Å². The van der Waals surface area contributed by atoms with Crippen LogP contribution in [0.2, 0.25) is 0 Å². The Morgan fingerprint density at radius 2 is 2.00 bits per heavy atom. The van der Waals surface area contributed by atoms with E-state index in [1.54, 1.807) is 13.8 Å². The molecular weight excluding hydrogens is 249 g/mol. The van der Waals surface area contributed by atoms with E-state index in [1.807, 2.05) is 0 Å². The van der Waals surface area contributed by atoms with Gasteiger partial charge in [0.15, 0.2) is 0 Å². The van der Waals surface area contributed by atoms with Crippen LogP contribution in [0.25, 0.3) is 0 Å². The first kappa shape index (κ1) is 13.3. The first-order chi connectivity index (χ1) is 7.04. The van der Waals surface area contributed by atoms with Gasteiger partial charge < -0.3 is 8.92 Å². The van der Waals surface area contributed by atoms with Crippen molar-refractivity contribution in [3.05, 3.63) is 11.8 Å². The van der Waals surface area contributed by atoms with Crippen LogP contribution in [-0.2, 0) is 19.0 Å². The molecule has 0 spiro atoms. The zero-order chi connectivity index (χ0) is 12.6. The number of alkyl halides is 3. The summed E-state index contributed by atoms with van der Waals surface area (Å²) in [4.78, 5) is 0. The summed E-state index contributed by atoms with van der Waals surface area (Å²) in [5.74, 6) is -0.242. The number of halogens is 3. The Morgan fingerprint density at radius 3 is 2.44 bits per heavy atom. The van der Waals surface area contributed by atoms with Gasteiger partial charge in [-0.05, 0) is 19.9 Å². The van der Waals surface area contributed by atoms with Crippen molar-refractivity contribution in [3.8, 4) is 0 Å². The van der Waals surface area contributed by atoms with E-state index in [2.05, 4.69) is 4.18 Å². The Hall–Kier alpha value is -0.760. The summed E-state index contributed by atoms with van der Waals surface area (Å²) in [5, 5.41) is 0. The van der Waals surface area contributed by atoms with Gasteiger partial charge in [-0.2, -0.15) is 21.6 Å². The molecule has 0 atom stereocenters. The second kappa shape index (κ2) is 3.92. The lowest BCUT2D eigenvalue weighted by atomic mass is 10.1. The molecule has 0 aromatic carbocycles. The molecule has 0 aromatic rings. The van der Waals surface area contributed by atoms with Crippen molar-refractivity contribution in [1.82, 2.24) is 0 Å². The number of hydrogen-bond acceptors (Lipinski definition) is 4. The van der Waals surface area contributed by atoms with Crippen molar-refractivity contribution in [2.75, 3.05) is 6.61 Å². The van der Waals surface area contributed by atoms with Crippen LogP contribution in [-0.4, -0.2) is 26.1 Å². The lowest BCUT2D eigenvalue weighted by Gasteiger charge is -2.27. The summed E-state index contributed by atoms with van der Waals surface area (Å²) in [6.07, 6.45) is 1.22. The standard InChI is InChI=1S/C8H11F3O4S/c1-7(2)5-6(3-4-14-7)15-16(12,13)8(9,10)11/h5H,3-4H2,1-2H3. The molecular formula is C8H11F3O4S. The van der Waals surface area contributed by atoms with E-state index in [0.29, 0.717) is 0 Å². The second-order valence-corrected chi connectivity index (χ2v) is 5.33. The average Bonchev–Trinajstić information content (AvgIpc) is 1.98. The summed E-state index contributed by atoms with van der Waals surface area (Å²) >= 11 is 0. The first-order valence-electron chi connectivity index (χ1n) is 4.40. The molecule has 0 radical (unpaired) electrons. The van der Waals surface area contributed by atoms with Gasteiger partial charge in [0.2, 0.25) is 0 Å². The molecule has 0 N–H and O–H groups in total. The predicted molar refractivity (Wildman–Crippen MR) is 48.8 cm³/mol. The van der Waals surface area contributed by atoms with Gasteiger partial charge in [-0.3, -0.25) is 0 Å². The maximum atomic E-state index is 12.0. The van der Waals surface area contributed by atoms with E-state index < -0.39 is 21.2 Å². The maximum Gasteiger partial charge on any atom is 0.534 e. The van der Waals surface area contributed by atoms with Crippen molar-refractivity contribution in [3.63, 3.8) is 0 Å². The normalized spacial score (nSPS) is 21.4. The van der Waals surface area contributed by atoms with Gasteiger partial charge in [-0.25, -0.2) is 0 Å². The zero-order valence-electron chi connectivity index (χ0n) is 8.67. The quantitative estimate of drug-likeness (QED) is 0.562. The molecule has 0 aromatic heterocycles. The molecule has 8 heteroatoms. The van der Waals surface area contributed by atoms with Crippen molar-refractivity contribution in [2.24, 2.45) is 0 Å². The van der Waals surface area contributed by atoms with Gasteiger partial charge in [0, 0.05) is 6.42 Å². The van der Waals surface area contributed by atoms with Crippen LogP contribution >= 0.6 is 0 Å². The van der Waals surface area contributed by atoms with Crippen LogP contribution in [0.5, 0.6) is 0 Å². The van der Waals surface area contributed by atoms with E-state index >= 15 is 0 Å². The lowest BCUT2D eigenvalue weighted by molar-refractivity contribution is -0.0539. The molecule has 4 nitrogen and oxygen atoms in total. The Labute approximate surface area is 91.2 Å². The SMILES string of the molecule is CC1(C)C=C(OS(=O)(=O)C(F)(F)F)CCO1. The number of hydrogen-bond donors (Lipinski definition) is 0. The van der Waals surface area contributed by atoms with Crippen molar-refractivity contribution in [1.29, 1.82) is 0 Å². The van der Waals surface area contributed by atoms with Gasteiger partial charge in [0.05, 0.1) is 12.2 Å². The summed E-state index contributed by atoms with van der Waals surface area (Å²) in [5.41, 5.74) is -6.23. The molecule has 0 bridgehead atoms. The van der Waals surface area contributed by atoms with Crippen molar-refractivity contribution >= 4 is 10.1 Å². The monoisotopic (exact) mass is 260 g/mol. The molecule has 1 heterocycles. The fourth-order valence-corrected chi connectivity index (χ4v) is 1.68. The molecule has 0 saturated heterocycles. The molecule has 0 fully saturated rings. The highest BCUT2D eigenvalue weighted by atomic mass is 32.2. The minimum atomic E-state index is -5.57. The van der Waals surface area contributed by atoms with Crippen LogP contribution in [0.1, 0.15) is 20.3 Å². The molecule has 0 aliphatic carbocycles. The molecule has 0 saturated carbocycles. The largest absolute Gasteiger partial charge is 0.534 e. The van der Waals surface area contributed by atoms with Crippen molar-refractivity contribution in [2.45, 2.75) is 31.4 Å². The minimum absolute atomic E-state index is 0.00125. The van der Waals surface area contributed by atoms with E-state index in [9.17, 15) is 21.6 Å². The van der Waals surface area contributed by atoms with Gasteiger partial charge in [0.1, 0.15) is 5.76 Å². The van der Waals surface area contributed by atoms with Crippen LogP contribution < -0.4 is 0 Å². The van der Waals surface area contributed by atoms with E-state index in [-0.39, 0.29) is 18.8 Å². The summed E-state index contributed by atoms with van der Waals surface area (Å²) in [7, 11) is -5.57. The number of ether oxygens (including phenoxy) is 1. The van der Waals surface area contributed by atoms with Crippen molar-refractivity contribution < 1.29 is 30.5 Å². The molecule has 94 valence electrons. The smallest absolute Gasteiger partial charge is 0.381 e. The Balaban J connectivity index is 2.88. The van der Waals surface area contributed by atoms with Gasteiger partial charge in [0.25, 0.3) is 0 Å². The fraction of sp³-hybridized carbons (Fsp3) is 0.750. The Morgan fingerprint density at radius 1 is 1.44 bits per heavy atom. The van der Waals surface area contributed by atoms with E-state index in [4.69, 9.17) is 4.74 Å². The molecule has 0 amide bonds. The third-order valence-corrected chi connectivity index (χ3v) is 2.83. The highest BCUT2D eigenvalue weighted by Gasteiger charge is 2.49. The first-order valence-corrected chi connectivity index (χ1v) is 5.81. The van der Waals surface area contributed by atoms with E-state index in [1.165, 1.54) is 6.08 Å².